The molecule has 1 aliphatic rings. The van der Waals surface area contributed by atoms with Gasteiger partial charge >= 0.3 is 0 Å². The number of rotatable bonds is 3. The smallest absolute Gasteiger partial charge is 0.228 e. The van der Waals surface area contributed by atoms with Gasteiger partial charge in [-0.05, 0) is 13.3 Å². The van der Waals surface area contributed by atoms with Gasteiger partial charge in [0, 0.05) is 7.05 Å². The Morgan fingerprint density at radius 3 is 2.79 bits per heavy atom. The molecule has 0 aromatic rings. The van der Waals surface area contributed by atoms with E-state index < -0.39 is 0 Å². The summed E-state index contributed by atoms with van der Waals surface area (Å²) in [5.74, 6) is 0.0477. The summed E-state index contributed by atoms with van der Waals surface area (Å²) in [5.41, 5.74) is 5.36. The Bertz CT molecular complexity index is 245. The van der Waals surface area contributed by atoms with E-state index in [4.69, 9.17) is 22.7 Å². The third kappa shape index (κ3) is 2.92. The molecule has 0 saturated carbocycles. The van der Waals surface area contributed by atoms with Crippen molar-refractivity contribution >= 4 is 23.1 Å². The van der Waals surface area contributed by atoms with Crippen LogP contribution in [-0.4, -0.2) is 42.1 Å². The van der Waals surface area contributed by atoms with Crippen LogP contribution in [0.5, 0.6) is 0 Å². The molecular formula is C9H16N2O2S. The largest absolute Gasteiger partial charge is 0.392 e. The fraction of sp³-hybridized carbons (Fsp3) is 0.778. The van der Waals surface area contributed by atoms with Crippen molar-refractivity contribution in [1.82, 2.24) is 4.90 Å². The Labute approximate surface area is 89.4 Å². The second-order valence-electron chi connectivity index (χ2n) is 3.74. The Morgan fingerprint density at radius 2 is 2.36 bits per heavy atom. The lowest BCUT2D eigenvalue weighted by Gasteiger charge is -2.19. The maximum atomic E-state index is 11.8. The number of hydrogen-bond acceptors (Lipinski definition) is 3. The maximum absolute atomic E-state index is 11.8. The van der Waals surface area contributed by atoms with Gasteiger partial charge in [-0.25, -0.2) is 0 Å². The molecule has 0 spiro atoms. The Balaban J connectivity index is 2.44. The van der Waals surface area contributed by atoms with Gasteiger partial charge in [0.1, 0.15) is 0 Å². The van der Waals surface area contributed by atoms with Crippen molar-refractivity contribution in [2.24, 2.45) is 11.7 Å². The SMILES string of the molecule is CC1CC(C(=O)N(C)CC(N)=S)CO1. The summed E-state index contributed by atoms with van der Waals surface area (Å²) in [6.07, 6.45) is 0.975. The van der Waals surface area contributed by atoms with Crippen molar-refractivity contribution in [2.75, 3.05) is 20.2 Å². The fourth-order valence-corrected chi connectivity index (χ4v) is 1.81. The summed E-state index contributed by atoms with van der Waals surface area (Å²) in [4.78, 5) is 13.7. The Kier molecular flexibility index (Phi) is 3.83. The van der Waals surface area contributed by atoms with Crippen molar-refractivity contribution < 1.29 is 9.53 Å². The normalized spacial score (nSPS) is 26.1. The lowest BCUT2D eigenvalue weighted by Crippen LogP contribution is -2.38. The van der Waals surface area contributed by atoms with Crippen molar-refractivity contribution in [3.63, 3.8) is 0 Å². The minimum atomic E-state index is -0.0238. The average molecular weight is 216 g/mol. The highest BCUT2D eigenvalue weighted by molar-refractivity contribution is 7.80. The van der Waals surface area contributed by atoms with E-state index in [-0.39, 0.29) is 17.9 Å². The molecule has 80 valence electrons. The summed E-state index contributed by atoms with van der Waals surface area (Å²) in [6.45, 7) is 2.83. The van der Waals surface area contributed by atoms with E-state index in [2.05, 4.69) is 0 Å². The third-order valence-corrected chi connectivity index (χ3v) is 2.45. The first-order chi connectivity index (χ1) is 6.50. The highest BCUT2D eigenvalue weighted by Crippen LogP contribution is 2.20. The number of nitrogens with zero attached hydrogens (tertiary/aromatic N) is 1. The van der Waals surface area contributed by atoms with Gasteiger partial charge in [-0.1, -0.05) is 12.2 Å². The summed E-state index contributed by atoms with van der Waals surface area (Å²) >= 11 is 4.74. The minimum absolute atomic E-state index is 0.0238. The number of hydrogen-bond donors (Lipinski definition) is 1. The predicted octanol–water partition coefficient (Wildman–Crippen LogP) is 0.156. The molecule has 1 saturated heterocycles. The molecule has 0 aromatic heterocycles. The highest BCUT2D eigenvalue weighted by Gasteiger charge is 2.30. The van der Waals surface area contributed by atoms with Crippen LogP contribution >= 0.6 is 12.2 Å². The third-order valence-electron chi connectivity index (χ3n) is 2.32. The second kappa shape index (κ2) is 4.70. The molecular weight excluding hydrogens is 200 g/mol. The van der Waals surface area contributed by atoms with Crippen LogP contribution in [0.1, 0.15) is 13.3 Å². The zero-order chi connectivity index (χ0) is 10.7. The minimum Gasteiger partial charge on any atom is -0.392 e. The number of likely N-dealkylation sites (N-methyl/N-ethyl adjacent to an activating group) is 1. The summed E-state index contributed by atoms with van der Waals surface area (Å²) in [6, 6.07) is 0. The number of nitrogens with two attached hydrogens (primary N) is 1. The number of amides is 1. The van der Waals surface area contributed by atoms with E-state index in [0.717, 1.165) is 6.42 Å². The molecule has 1 fully saturated rings. The zero-order valence-electron chi connectivity index (χ0n) is 8.53. The quantitative estimate of drug-likeness (QED) is 0.683. The highest BCUT2D eigenvalue weighted by atomic mass is 32.1. The van der Waals surface area contributed by atoms with E-state index in [1.54, 1.807) is 11.9 Å². The summed E-state index contributed by atoms with van der Waals surface area (Å²) in [5, 5.41) is 0. The summed E-state index contributed by atoms with van der Waals surface area (Å²) in [7, 11) is 1.71. The molecule has 5 heteroatoms. The first-order valence-electron chi connectivity index (χ1n) is 4.65. The van der Waals surface area contributed by atoms with Crippen molar-refractivity contribution in [3.05, 3.63) is 0 Å². The molecule has 0 radical (unpaired) electrons. The molecule has 2 N–H and O–H groups in total. The van der Waals surface area contributed by atoms with Crippen LogP contribution in [0.4, 0.5) is 0 Å². The molecule has 14 heavy (non-hydrogen) atoms. The molecule has 1 heterocycles. The van der Waals surface area contributed by atoms with Crippen LogP contribution in [0.3, 0.4) is 0 Å². The number of carbonyl (C=O) groups excluding carboxylic acids is 1. The van der Waals surface area contributed by atoms with Gasteiger partial charge in [0.25, 0.3) is 0 Å². The van der Waals surface area contributed by atoms with E-state index in [1.165, 1.54) is 0 Å². The van der Waals surface area contributed by atoms with Gasteiger partial charge in [-0.2, -0.15) is 0 Å². The van der Waals surface area contributed by atoms with Gasteiger partial charge in [0.2, 0.25) is 5.91 Å². The van der Waals surface area contributed by atoms with Crippen LogP contribution in [0.25, 0.3) is 0 Å². The fourth-order valence-electron chi connectivity index (χ4n) is 1.61. The molecule has 0 aromatic carbocycles. The maximum Gasteiger partial charge on any atom is 0.228 e. The van der Waals surface area contributed by atoms with E-state index >= 15 is 0 Å². The number of carbonyl (C=O) groups is 1. The molecule has 1 amide bonds. The van der Waals surface area contributed by atoms with E-state index in [9.17, 15) is 4.79 Å². The molecule has 1 aliphatic heterocycles. The van der Waals surface area contributed by atoms with Crippen LogP contribution in [0.2, 0.25) is 0 Å². The van der Waals surface area contributed by atoms with Crippen LogP contribution in [-0.2, 0) is 9.53 Å². The van der Waals surface area contributed by atoms with Crippen molar-refractivity contribution in [3.8, 4) is 0 Å². The molecule has 4 nitrogen and oxygen atoms in total. The first-order valence-corrected chi connectivity index (χ1v) is 5.06. The summed E-state index contributed by atoms with van der Waals surface area (Å²) < 4.78 is 5.33. The molecule has 2 atom stereocenters. The number of thiocarbonyl (C=S) groups is 1. The van der Waals surface area contributed by atoms with Crippen molar-refractivity contribution in [2.45, 2.75) is 19.4 Å². The van der Waals surface area contributed by atoms with Gasteiger partial charge in [0.05, 0.1) is 30.2 Å². The van der Waals surface area contributed by atoms with Gasteiger partial charge < -0.3 is 15.4 Å². The molecule has 1 rings (SSSR count). The predicted molar refractivity (Wildman–Crippen MR) is 57.9 cm³/mol. The number of ether oxygens (including phenoxy) is 1. The lowest BCUT2D eigenvalue weighted by molar-refractivity contribution is -0.133. The molecule has 0 aliphatic carbocycles. The standard InChI is InChI=1S/C9H16N2O2S/c1-6-3-7(5-13-6)9(12)11(2)4-8(10)14/h6-7H,3-5H2,1-2H3,(H2,10,14). The van der Waals surface area contributed by atoms with E-state index in [1.807, 2.05) is 6.92 Å². The van der Waals surface area contributed by atoms with E-state index in [0.29, 0.717) is 18.1 Å². The van der Waals surface area contributed by atoms with Crippen LogP contribution < -0.4 is 5.73 Å². The Hall–Kier alpha value is -0.680. The second-order valence-corrected chi connectivity index (χ2v) is 4.26. The molecule has 0 bridgehead atoms. The van der Waals surface area contributed by atoms with Crippen molar-refractivity contribution in [1.29, 1.82) is 0 Å². The topological polar surface area (TPSA) is 55.6 Å². The Morgan fingerprint density at radius 1 is 1.71 bits per heavy atom. The monoisotopic (exact) mass is 216 g/mol. The van der Waals surface area contributed by atoms with Gasteiger partial charge in [-0.3, -0.25) is 4.79 Å². The van der Waals surface area contributed by atoms with Gasteiger partial charge in [0.15, 0.2) is 0 Å². The zero-order valence-corrected chi connectivity index (χ0v) is 9.34. The first kappa shape index (κ1) is 11.4. The average Bonchev–Trinajstić information content (AvgIpc) is 2.49. The van der Waals surface area contributed by atoms with Crippen LogP contribution in [0.15, 0.2) is 0 Å². The lowest BCUT2D eigenvalue weighted by atomic mass is 10.1. The van der Waals surface area contributed by atoms with Crippen LogP contribution in [0, 0.1) is 5.92 Å². The van der Waals surface area contributed by atoms with Gasteiger partial charge in [-0.15, -0.1) is 0 Å². The molecule has 2 unspecified atom stereocenters.